The number of unbranched alkanes of at least 4 members (excludes halogenated alkanes) is 1. The average Bonchev–Trinajstić information content (AvgIpc) is 2.28. The highest BCUT2D eigenvalue weighted by molar-refractivity contribution is 6.33. The van der Waals surface area contributed by atoms with Gasteiger partial charge >= 0.3 is 0 Å². The van der Waals surface area contributed by atoms with E-state index in [1.165, 1.54) is 6.20 Å². The summed E-state index contributed by atoms with van der Waals surface area (Å²) >= 11 is 5.81. The molecule has 1 rings (SSSR count). The molecule has 0 aliphatic rings. The SMILES string of the molecule is CCCCN(C)C(=O)c1cnc(N)c(Cl)c1. The third-order valence-electron chi connectivity index (χ3n) is 2.31. The van der Waals surface area contributed by atoms with Crippen molar-refractivity contribution in [1.82, 2.24) is 9.88 Å². The zero-order valence-electron chi connectivity index (χ0n) is 9.53. The summed E-state index contributed by atoms with van der Waals surface area (Å²) in [7, 11) is 1.77. The molecule has 0 spiro atoms. The fraction of sp³-hybridized carbons (Fsp3) is 0.455. The Kier molecular flexibility index (Phi) is 4.55. The molecule has 0 aromatic carbocycles. The molecular formula is C11H16ClN3O. The first-order valence-electron chi connectivity index (χ1n) is 5.22. The molecule has 5 heteroatoms. The van der Waals surface area contributed by atoms with E-state index in [2.05, 4.69) is 11.9 Å². The first-order chi connectivity index (χ1) is 7.56. The number of halogens is 1. The maximum Gasteiger partial charge on any atom is 0.255 e. The molecule has 0 unspecified atom stereocenters. The smallest absolute Gasteiger partial charge is 0.255 e. The second kappa shape index (κ2) is 5.70. The number of hydrogen-bond donors (Lipinski definition) is 1. The number of nitrogens with zero attached hydrogens (tertiary/aromatic N) is 2. The highest BCUT2D eigenvalue weighted by Gasteiger charge is 2.12. The molecule has 0 aliphatic heterocycles. The fourth-order valence-corrected chi connectivity index (χ4v) is 1.45. The number of aromatic nitrogens is 1. The molecule has 1 aromatic heterocycles. The molecule has 1 heterocycles. The second-order valence-electron chi connectivity index (χ2n) is 3.67. The van der Waals surface area contributed by atoms with E-state index in [0.29, 0.717) is 10.6 Å². The normalized spacial score (nSPS) is 10.2. The van der Waals surface area contributed by atoms with Crippen LogP contribution in [0, 0.1) is 0 Å². The van der Waals surface area contributed by atoms with E-state index in [4.69, 9.17) is 17.3 Å². The predicted octanol–water partition coefficient (Wildman–Crippen LogP) is 2.19. The summed E-state index contributed by atoms with van der Waals surface area (Å²) in [5, 5.41) is 0.315. The van der Waals surface area contributed by atoms with Crippen LogP contribution in [0.4, 0.5) is 5.82 Å². The Morgan fingerprint density at radius 3 is 2.88 bits per heavy atom. The number of rotatable bonds is 4. The van der Waals surface area contributed by atoms with Crippen molar-refractivity contribution in [1.29, 1.82) is 0 Å². The average molecular weight is 242 g/mol. The molecule has 0 saturated carbocycles. The van der Waals surface area contributed by atoms with Crippen molar-refractivity contribution in [2.45, 2.75) is 19.8 Å². The van der Waals surface area contributed by atoms with Gasteiger partial charge in [-0.25, -0.2) is 4.98 Å². The standard InChI is InChI=1S/C11H16ClN3O/c1-3-4-5-15(2)11(16)8-6-9(12)10(13)14-7-8/h6-7H,3-5H2,1-2H3,(H2,13,14). The summed E-state index contributed by atoms with van der Waals surface area (Å²) in [5.74, 6) is 0.164. The van der Waals surface area contributed by atoms with E-state index in [9.17, 15) is 4.79 Å². The monoisotopic (exact) mass is 241 g/mol. The topological polar surface area (TPSA) is 59.2 Å². The minimum atomic E-state index is -0.0807. The molecule has 2 N–H and O–H groups in total. The van der Waals surface area contributed by atoms with Gasteiger partial charge in [0.1, 0.15) is 5.82 Å². The number of carbonyl (C=O) groups excluding carboxylic acids is 1. The van der Waals surface area contributed by atoms with Crippen LogP contribution < -0.4 is 5.73 Å². The molecule has 0 saturated heterocycles. The highest BCUT2D eigenvalue weighted by Crippen LogP contribution is 2.17. The van der Waals surface area contributed by atoms with Crippen LogP contribution in [0.2, 0.25) is 5.02 Å². The lowest BCUT2D eigenvalue weighted by Crippen LogP contribution is -2.27. The van der Waals surface area contributed by atoms with Crippen molar-refractivity contribution in [3.05, 3.63) is 22.8 Å². The summed E-state index contributed by atoms with van der Waals surface area (Å²) in [4.78, 5) is 17.4. The second-order valence-corrected chi connectivity index (χ2v) is 4.08. The van der Waals surface area contributed by atoms with Gasteiger partial charge < -0.3 is 10.6 Å². The van der Waals surface area contributed by atoms with Crippen molar-refractivity contribution in [2.24, 2.45) is 0 Å². The molecular weight excluding hydrogens is 226 g/mol. The third-order valence-corrected chi connectivity index (χ3v) is 2.61. The van der Waals surface area contributed by atoms with Gasteiger partial charge in [-0.05, 0) is 12.5 Å². The maximum atomic E-state index is 11.9. The van der Waals surface area contributed by atoms with Crippen LogP contribution in [-0.2, 0) is 0 Å². The van der Waals surface area contributed by atoms with Gasteiger partial charge in [0, 0.05) is 19.8 Å². The Balaban J connectivity index is 2.76. The molecule has 0 fully saturated rings. The number of pyridine rings is 1. The van der Waals surface area contributed by atoms with Gasteiger partial charge in [-0.3, -0.25) is 4.79 Å². The predicted molar refractivity (Wildman–Crippen MR) is 65.5 cm³/mol. The molecule has 0 bridgehead atoms. The van der Waals surface area contributed by atoms with E-state index in [1.807, 2.05) is 0 Å². The Morgan fingerprint density at radius 2 is 2.31 bits per heavy atom. The quantitative estimate of drug-likeness (QED) is 0.879. The van der Waals surface area contributed by atoms with E-state index < -0.39 is 0 Å². The molecule has 0 radical (unpaired) electrons. The van der Waals surface area contributed by atoms with Gasteiger partial charge in [-0.2, -0.15) is 0 Å². The van der Waals surface area contributed by atoms with Crippen molar-refractivity contribution in [3.63, 3.8) is 0 Å². The lowest BCUT2D eigenvalue weighted by atomic mass is 10.2. The minimum absolute atomic E-state index is 0.0807. The van der Waals surface area contributed by atoms with Crippen molar-refractivity contribution in [3.8, 4) is 0 Å². The van der Waals surface area contributed by atoms with E-state index >= 15 is 0 Å². The van der Waals surface area contributed by atoms with Crippen molar-refractivity contribution >= 4 is 23.3 Å². The first-order valence-corrected chi connectivity index (χ1v) is 5.60. The summed E-state index contributed by atoms with van der Waals surface area (Å²) in [6.45, 7) is 2.82. The molecule has 0 atom stereocenters. The molecule has 0 aliphatic carbocycles. The van der Waals surface area contributed by atoms with Gasteiger partial charge in [0.25, 0.3) is 5.91 Å². The lowest BCUT2D eigenvalue weighted by molar-refractivity contribution is 0.0793. The van der Waals surface area contributed by atoms with Gasteiger partial charge in [-0.15, -0.1) is 0 Å². The van der Waals surface area contributed by atoms with Crippen LogP contribution in [0.25, 0.3) is 0 Å². The van der Waals surface area contributed by atoms with Crippen molar-refractivity contribution < 1.29 is 4.79 Å². The lowest BCUT2D eigenvalue weighted by Gasteiger charge is -2.16. The van der Waals surface area contributed by atoms with E-state index in [-0.39, 0.29) is 11.7 Å². The van der Waals surface area contributed by atoms with Crippen LogP contribution in [0.1, 0.15) is 30.1 Å². The van der Waals surface area contributed by atoms with Crippen molar-refractivity contribution in [2.75, 3.05) is 19.3 Å². The van der Waals surface area contributed by atoms with Gasteiger partial charge in [-0.1, -0.05) is 24.9 Å². The zero-order chi connectivity index (χ0) is 12.1. The molecule has 16 heavy (non-hydrogen) atoms. The molecule has 1 aromatic rings. The number of amides is 1. The van der Waals surface area contributed by atoms with Crippen LogP contribution in [0.3, 0.4) is 0 Å². The largest absolute Gasteiger partial charge is 0.382 e. The summed E-state index contributed by atoms with van der Waals surface area (Å²) in [6.07, 6.45) is 3.49. The van der Waals surface area contributed by atoms with E-state index in [0.717, 1.165) is 19.4 Å². The number of nitrogens with two attached hydrogens (primary N) is 1. The summed E-state index contributed by atoms with van der Waals surface area (Å²) in [6, 6.07) is 1.55. The minimum Gasteiger partial charge on any atom is -0.382 e. The van der Waals surface area contributed by atoms with Gasteiger partial charge in [0.15, 0.2) is 0 Å². The zero-order valence-corrected chi connectivity index (χ0v) is 10.3. The molecule has 1 amide bonds. The number of hydrogen-bond acceptors (Lipinski definition) is 3. The summed E-state index contributed by atoms with van der Waals surface area (Å²) in [5.41, 5.74) is 5.95. The summed E-state index contributed by atoms with van der Waals surface area (Å²) < 4.78 is 0. The Morgan fingerprint density at radius 1 is 1.62 bits per heavy atom. The Labute approximate surface area is 100 Å². The maximum absolute atomic E-state index is 11.9. The first kappa shape index (κ1) is 12.8. The van der Waals surface area contributed by atoms with Gasteiger partial charge in [0.05, 0.1) is 10.6 Å². The number of anilines is 1. The number of carbonyl (C=O) groups is 1. The van der Waals surface area contributed by atoms with Gasteiger partial charge in [0.2, 0.25) is 0 Å². The Bertz CT molecular complexity index is 381. The van der Waals surface area contributed by atoms with Crippen LogP contribution in [-0.4, -0.2) is 29.4 Å². The highest BCUT2D eigenvalue weighted by atomic mass is 35.5. The number of nitrogen functional groups attached to an aromatic ring is 1. The molecule has 4 nitrogen and oxygen atoms in total. The molecule has 88 valence electrons. The fourth-order valence-electron chi connectivity index (χ4n) is 1.28. The van der Waals surface area contributed by atoms with Crippen LogP contribution in [0.15, 0.2) is 12.3 Å². The van der Waals surface area contributed by atoms with Crippen LogP contribution >= 0.6 is 11.6 Å². The van der Waals surface area contributed by atoms with E-state index in [1.54, 1.807) is 18.0 Å². The Hall–Kier alpha value is -1.29. The third kappa shape index (κ3) is 3.10. The van der Waals surface area contributed by atoms with Crippen LogP contribution in [0.5, 0.6) is 0 Å².